The third-order valence-electron chi connectivity index (χ3n) is 3.31. The summed E-state index contributed by atoms with van der Waals surface area (Å²) in [7, 11) is 0. The molecule has 0 aromatic heterocycles. The molecule has 0 saturated heterocycles. The van der Waals surface area contributed by atoms with Crippen LogP contribution in [0.3, 0.4) is 0 Å². The quantitative estimate of drug-likeness (QED) is 0.837. The number of benzene rings is 1. The van der Waals surface area contributed by atoms with Crippen molar-refractivity contribution in [2.24, 2.45) is 0 Å². The molecule has 1 aromatic carbocycles. The summed E-state index contributed by atoms with van der Waals surface area (Å²) in [6.07, 6.45) is 1.03. The summed E-state index contributed by atoms with van der Waals surface area (Å²) in [6.45, 7) is 5.84. The molecule has 0 fully saturated rings. The molecule has 1 aromatic rings. The van der Waals surface area contributed by atoms with Gasteiger partial charge >= 0.3 is 0 Å². The second-order valence-corrected chi connectivity index (χ2v) is 5.29. The molecular weight excluding hydrogens is 214 g/mol. The first kappa shape index (κ1) is 12.4. The average Bonchev–Trinajstić information content (AvgIpc) is 2.36. The molecule has 2 N–H and O–H groups in total. The summed E-state index contributed by atoms with van der Waals surface area (Å²) in [5.41, 5.74) is 1.06. The highest BCUT2D eigenvalue weighted by atomic mass is 16.5. The van der Waals surface area contributed by atoms with Crippen LogP contribution in [0.2, 0.25) is 0 Å². The summed E-state index contributed by atoms with van der Waals surface area (Å²) >= 11 is 0. The zero-order valence-corrected chi connectivity index (χ0v) is 10.6. The molecule has 0 radical (unpaired) electrons. The number of fused-ring (bicyclic) bond motifs is 1. The molecule has 17 heavy (non-hydrogen) atoms. The van der Waals surface area contributed by atoms with E-state index in [9.17, 15) is 5.11 Å². The molecule has 1 unspecified atom stereocenters. The molecule has 3 heteroatoms. The average molecular weight is 235 g/mol. The van der Waals surface area contributed by atoms with Gasteiger partial charge in [0.2, 0.25) is 0 Å². The number of aliphatic hydroxyl groups excluding tert-OH is 1. The molecule has 0 saturated carbocycles. The topological polar surface area (TPSA) is 41.5 Å². The van der Waals surface area contributed by atoms with Gasteiger partial charge in [0.1, 0.15) is 5.75 Å². The lowest BCUT2D eigenvalue weighted by Gasteiger charge is -2.30. The second kappa shape index (κ2) is 5.07. The van der Waals surface area contributed by atoms with Crippen LogP contribution < -0.4 is 10.1 Å². The summed E-state index contributed by atoms with van der Waals surface area (Å²) in [5, 5.41) is 12.6. The number of rotatable bonds is 4. The van der Waals surface area contributed by atoms with Gasteiger partial charge in [-0.25, -0.2) is 0 Å². The maximum atomic E-state index is 9.23. The van der Waals surface area contributed by atoms with Crippen LogP contribution in [0.1, 0.15) is 31.7 Å². The Morgan fingerprint density at radius 1 is 1.41 bits per heavy atom. The molecule has 1 aliphatic rings. The first-order valence-corrected chi connectivity index (χ1v) is 6.20. The Bertz CT molecular complexity index is 376. The van der Waals surface area contributed by atoms with Gasteiger partial charge in [0.05, 0.1) is 13.2 Å². The fourth-order valence-electron chi connectivity index (χ4n) is 2.08. The Labute approximate surface area is 103 Å². The number of aliphatic hydroxyl groups is 1. The van der Waals surface area contributed by atoms with E-state index in [0.29, 0.717) is 5.92 Å². The van der Waals surface area contributed by atoms with Gasteiger partial charge in [-0.1, -0.05) is 18.2 Å². The lowest BCUT2D eigenvalue weighted by molar-refractivity contribution is 0.181. The fraction of sp³-hybridized carbons (Fsp3) is 0.571. The van der Waals surface area contributed by atoms with Gasteiger partial charge in [-0.05, 0) is 31.9 Å². The zero-order chi connectivity index (χ0) is 12.3. The van der Waals surface area contributed by atoms with Crippen LogP contribution in [0.15, 0.2) is 24.3 Å². The molecule has 3 nitrogen and oxygen atoms in total. The van der Waals surface area contributed by atoms with Gasteiger partial charge in [0.25, 0.3) is 0 Å². The van der Waals surface area contributed by atoms with Gasteiger partial charge in [0, 0.05) is 18.0 Å². The maximum absolute atomic E-state index is 9.23. The largest absolute Gasteiger partial charge is 0.493 e. The Hall–Kier alpha value is -1.06. The maximum Gasteiger partial charge on any atom is 0.122 e. The van der Waals surface area contributed by atoms with Crippen molar-refractivity contribution in [3.05, 3.63) is 29.8 Å². The third-order valence-corrected chi connectivity index (χ3v) is 3.31. The number of para-hydroxylation sites is 1. The molecular formula is C14H21NO2. The van der Waals surface area contributed by atoms with Crippen molar-refractivity contribution in [1.82, 2.24) is 5.32 Å². The molecule has 2 rings (SSSR count). The normalized spacial score (nSPS) is 19.6. The van der Waals surface area contributed by atoms with Crippen LogP contribution in [0.4, 0.5) is 0 Å². The van der Waals surface area contributed by atoms with Crippen LogP contribution in [0, 0.1) is 0 Å². The van der Waals surface area contributed by atoms with E-state index in [1.807, 2.05) is 26.0 Å². The van der Waals surface area contributed by atoms with Crippen molar-refractivity contribution in [2.45, 2.75) is 31.7 Å². The SMILES string of the molecule is CC(C)(CO)NCC1CCOc2ccccc21. The van der Waals surface area contributed by atoms with E-state index in [0.717, 1.165) is 25.3 Å². The molecule has 0 bridgehead atoms. The van der Waals surface area contributed by atoms with Crippen LogP contribution in [0.5, 0.6) is 5.75 Å². The second-order valence-electron chi connectivity index (χ2n) is 5.29. The van der Waals surface area contributed by atoms with E-state index in [4.69, 9.17) is 4.74 Å². The first-order valence-electron chi connectivity index (χ1n) is 6.20. The lowest BCUT2D eigenvalue weighted by atomic mass is 9.92. The smallest absolute Gasteiger partial charge is 0.122 e. The zero-order valence-electron chi connectivity index (χ0n) is 10.6. The van der Waals surface area contributed by atoms with Crippen LogP contribution in [0.25, 0.3) is 0 Å². The van der Waals surface area contributed by atoms with Crippen molar-refractivity contribution in [3.8, 4) is 5.75 Å². The van der Waals surface area contributed by atoms with E-state index in [1.165, 1.54) is 5.56 Å². The Morgan fingerprint density at radius 3 is 2.94 bits per heavy atom. The van der Waals surface area contributed by atoms with Gasteiger partial charge in [0.15, 0.2) is 0 Å². The van der Waals surface area contributed by atoms with Gasteiger partial charge < -0.3 is 15.2 Å². The molecule has 1 atom stereocenters. The highest BCUT2D eigenvalue weighted by Gasteiger charge is 2.23. The molecule has 0 spiro atoms. The van der Waals surface area contributed by atoms with Crippen molar-refractivity contribution >= 4 is 0 Å². The summed E-state index contributed by atoms with van der Waals surface area (Å²) in [5.74, 6) is 1.48. The van der Waals surface area contributed by atoms with Crippen LogP contribution in [-0.4, -0.2) is 30.4 Å². The predicted octanol–water partition coefficient (Wildman–Crippen LogP) is 1.91. The Kier molecular flexibility index (Phi) is 3.69. The van der Waals surface area contributed by atoms with Crippen LogP contribution >= 0.6 is 0 Å². The van der Waals surface area contributed by atoms with Gasteiger partial charge in [-0.3, -0.25) is 0 Å². The Balaban J connectivity index is 2.04. The number of hydrogen-bond acceptors (Lipinski definition) is 3. The summed E-state index contributed by atoms with van der Waals surface area (Å²) < 4.78 is 5.63. The van der Waals surface area contributed by atoms with Crippen LogP contribution in [-0.2, 0) is 0 Å². The van der Waals surface area contributed by atoms with Crippen molar-refractivity contribution in [2.75, 3.05) is 19.8 Å². The first-order chi connectivity index (χ1) is 8.12. The monoisotopic (exact) mass is 235 g/mol. The molecule has 1 heterocycles. The molecule has 94 valence electrons. The minimum Gasteiger partial charge on any atom is -0.493 e. The summed E-state index contributed by atoms with van der Waals surface area (Å²) in [6, 6.07) is 8.22. The number of ether oxygens (including phenoxy) is 1. The number of nitrogens with one attached hydrogen (secondary N) is 1. The van der Waals surface area contributed by atoms with E-state index in [1.54, 1.807) is 0 Å². The van der Waals surface area contributed by atoms with Crippen molar-refractivity contribution < 1.29 is 9.84 Å². The van der Waals surface area contributed by atoms with Crippen molar-refractivity contribution in [3.63, 3.8) is 0 Å². The molecule has 1 aliphatic heterocycles. The van der Waals surface area contributed by atoms with E-state index >= 15 is 0 Å². The highest BCUT2D eigenvalue weighted by molar-refractivity contribution is 5.37. The highest BCUT2D eigenvalue weighted by Crippen LogP contribution is 2.32. The molecule has 0 aliphatic carbocycles. The molecule has 0 amide bonds. The number of hydrogen-bond donors (Lipinski definition) is 2. The van der Waals surface area contributed by atoms with E-state index in [2.05, 4.69) is 17.4 Å². The van der Waals surface area contributed by atoms with Crippen molar-refractivity contribution in [1.29, 1.82) is 0 Å². The third kappa shape index (κ3) is 2.99. The standard InChI is InChI=1S/C14H21NO2/c1-14(2,10-16)15-9-11-7-8-17-13-6-4-3-5-12(11)13/h3-6,11,15-16H,7-10H2,1-2H3. The summed E-state index contributed by atoms with van der Waals surface area (Å²) in [4.78, 5) is 0. The van der Waals surface area contributed by atoms with E-state index < -0.39 is 0 Å². The fourth-order valence-corrected chi connectivity index (χ4v) is 2.08. The minimum absolute atomic E-state index is 0.151. The minimum atomic E-state index is -0.215. The van der Waals surface area contributed by atoms with Gasteiger partial charge in [-0.2, -0.15) is 0 Å². The van der Waals surface area contributed by atoms with E-state index in [-0.39, 0.29) is 12.1 Å². The predicted molar refractivity (Wildman–Crippen MR) is 68.5 cm³/mol. The van der Waals surface area contributed by atoms with Gasteiger partial charge in [-0.15, -0.1) is 0 Å². The lowest BCUT2D eigenvalue weighted by Crippen LogP contribution is -2.45. The Morgan fingerprint density at radius 2 is 2.18 bits per heavy atom.